The van der Waals surface area contributed by atoms with Crippen LogP contribution >= 0.6 is 12.2 Å². The van der Waals surface area contributed by atoms with Gasteiger partial charge >= 0.3 is 0 Å². The van der Waals surface area contributed by atoms with Gasteiger partial charge in [-0.2, -0.15) is 0 Å². The molecule has 8 nitrogen and oxygen atoms in total. The molecule has 37 heavy (non-hydrogen) atoms. The molecule has 0 bridgehead atoms. The molecule has 0 aliphatic rings. The van der Waals surface area contributed by atoms with Crippen molar-refractivity contribution in [3.8, 4) is 17.2 Å². The quantitative estimate of drug-likeness (QED) is 0.194. The van der Waals surface area contributed by atoms with Crippen LogP contribution in [0, 0.1) is 5.92 Å². The number of para-hydroxylation sites is 1. The summed E-state index contributed by atoms with van der Waals surface area (Å²) >= 11 is 5.13. The van der Waals surface area contributed by atoms with E-state index in [-0.39, 0.29) is 5.11 Å². The third-order valence-corrected chi connectivity index (χ3v) is 5.26. The lowest BCUT2D eigenvalue weighted by Crippen LogP contribution is -2.48. The van der Waals surface area contributed by atoms with Crippen molar-refractivity contribution in [1.82, 2.24) is 16.2 Å². The van der Waals surface area contributed by atoms with E-state index in [4.69, 9.17) is 26.4 Å². The van der Waals surface area contributed by atoms with Crippen molar-refractivity contribution < 1.29 is 23.8 Å². The Bertz CT molecular complexity index is 1170. The van der Waals surface area contributed by atoms with E-state index in [2.05, 4.69) is 30.0 Å². The molecule has 0 saturated heterocycles. The Kier molecular flexibility index (Phi) is 10.7. The first-order chi connectivity index (χ1) is 17.9. The summed E-state index contributed by atoms with van der Waals surface area (Å²) in [5.74, 6) is 1.69. The molecule has 0 aliphatic carbocycles. The van der Waals surface area contributed by atoms with E-state index < -0.39 is 11.8 Å². The largest absolute Gasteiger partial charge is 0.494 e. The van der Waals surface area contributed by atoms with Crippen molar-refractivity contribution in [2.75, 3.05) is 19.8 Å². The van der Waals surface area contributed by atoms with Gasteiger partial charge in [0, 0.05) is 11.1 Å². The number of hydrazine groups is 1. The molecule has 0 unspecified atom stereocenters. The lowest BCUT2D eigenvalue weighted by atomic mass is 10.1. The fourth-order valence-corrected chi connectivity index (χ4v) is 3.21. The van der Waals surface area contributed by atoms with E-state index in [9.17, 15) is 9.59 Å². The maximum Gasteiger partial charge on any atom is 0.269 e. The first-order valence-corrected chi connectivity index (χ1v) is 12.4. The Morgan fingerprint density at radius 3 is 2.03 bits per heavy atom. The predicted molar refractivity (Wildman–Crippen MR) is 146 cm³/mol. The van der Waals surface area contributed by atoms with Crippen LogP contribution in [0.5, 0.6) is 17.2 Å². The van der Waals surface area contributed by atoms with Gasteiger partial charge in [-0.25, -0.2) is 0 Å². The smallest absolute Gasteiger partial charge is 0.269 e. The summed E-state index contributed by atoms with van der Waals surface area (Å²) in [6.07, 6.45) is 0.955. The highest BCUT2D eigenvalue weighted by Crippen LogP contribution is 2.15. The minimum atomic E-state index is -0.444. The summed E-state index contributed by atoms with van der Waals surface area (Å²) in [5.41, 5.74) is 5.77. The van der Waals surface area contributed by atoms with Gasteiger partial charge in [-0.1, -0.05) is 38.1 Å². The van der Waals surface area contributed by atoms with Gasteiger partial charge in [0.25, 0.3) is 11.8 Å². The molecule has 0 spiro atoms. The zero-order chi connectivity index (χ0) is 26.5. The SMILES string of the molecule is CC(C)CCOc1ccc(C(=O)NNC(=S)NC(=O)c2cccc(OCCOc3ccccc3)c2)cc1. The van der Waals surface area contributed by atoms with E-state index in [0.717, 1.165) is 12.2 Å². The third-order valence-electron chi connectivity index (χ3n) is 5.06. The molecule has 9 heteroatoms. The topological polar surface area (TPSA) is 97.9 Å². The summed E-state index contributed by atoms with van der Waals surface area (Å²) in [5, 5.41) is 2.48. The van der Waals surface area contributed by atoms with Gasteiger partial charge < -0.3 is 14.2 Å². The van der Waals surface area contributed by atoms with E-state index in [1.165, 1.54) is 0 Å². The first kappa shape index (κ1) is 27.5. The molecule has 194 valence electrons. The number of rotatable bonds is 11. The Morgan fingerprint density at radius 2 is 1.32 bits per heavy atom. The standard InChI is InChI=1S/C28H31N3O5S/c1-20(2)15-16-34-24-13-11-21(12-14-24)27(33)30-31-28(37)29-26(32)22-7-6-10-25(19-22)36-18-17-35-23-8-4-3-5-9-23/h3-14,19-20H,15-18H2,1-2H3,(H,30,33)(H2,29,31,32,37). The third kappa shape index (κ3) is 9.81. The number of thiocarbonyl (C=S) groups is 1. The second-order valence-corrected chi connectivity index (χ2v) is 8.86. The molecule has 0 fully saturated rings. The molecule has 0 aromatic heterocycles. The molecular weight excluding hydrogens is 490 g/mol. The van der Waals surface area contributed by atoms with E-state index in [1.54, 1.807) is 48.5 Å². The van der Waals surface area contributed by atoms with E-state index >= 15 is 0 Å². The number of carbonyl (C=O) groups is 2. The number of amides is 2. The summed E-state index contributed by atoms with van der Waals surface area (Å²) in [6.45, 7) is 5.57. The second-order valence-electron chi connectivity index (χ2n) is 8.46. The van der Waals surface area contributed by atoms with Gasteiger partial charge in [0.2, 0.25) is 0 Å². The number of benzene rings is 3. The monoisotopic (exact) mass is 521 g/mol. The summed E-state index contributed by atoms with van der Waals surface area (Å²) in [6, 6.07) is 22.9. The Balaban J connectivity index is 1.39. The van der Waals surface area contributed by atoms with Gasteiger partial charge in [-0.15, -0.1) is 0 Å². The lowest BCUT2D eigenvalue weighted by molar-refractivity contribution is 0.0934. The molecule has 0 aliphatic heterocycles. The summed E-state index contributed by atoms with van der Waals surface area (Å²) < 4.78 is 16.9. The van der Waals surface area contributed by atoms with Crippen molar-refractivity contribution in [2.24, 2.45) is 5.92 Å². The average Bonchev–Trinajstić information content (AvgIpc) is 2.90. The van der Waals surface area contributed by atoms with Crippen LogP contribution in [0.25, 0.3) is 0 Å². The number of nitrogens with one attached hydrogen (secondary N) is 3. The van der Waals surface area contributed by atoms with Gasteiger partial charge in [0.15, 0.2) is 5.11 Å². The van der Waals surface area contributed by atoms with Crippen LogP contribution in [-0.2, 0) is 0 Å². The van der Waals surface area contributed by atoms with Crippen LogP contribution in [0.15, 0.2) is 78.9 Å². The van der Waals surface area contributed by atoms with Gasteiger partial charge in [0.05, 0.1) is 6.61 Å². The van der Waals surface area contributed by atoms with Gasteiger partial charge in [0.1, 0.15) is 30.5 Å². The first-order valence-electron chi connectivity index (χ1n) is 12.0. The second kappa shape index (κ2) is 14.4. The fraction of sp³-hybridized carbons (Fsp3) is 0.250. The molecule has 3 rings (SSSR count). The van der Waals surface area contributed by atoms with Crippen LogP contribution in [0.3, 0.4) is 0 Å². The minimum absolute atomic E-state index is 0.0467. The maximum atomic E-state index is 12.6. The lowest BCUT2D eigenvalue weighted by Gasteiger charge is -2.12. The predicted octanol–water partition coefficient (Wildman–Crippen LogP) is 4.52. The Labute approximate surface area is 222 Å². The van der Waals surface area contributed by atoms with Crippen LogP contribution in [0.2, 0.25) is 0 Å². The zero-order valence-electron chi connectivity index (χ0n) is 20.9. The maximum absolute atomic E-state index is 12.6. The highest BCUT2D eigenvalue weighted by Gasteiger charge is 2.11. The molecule has 3 aromatic carbocycles. The molecule has 3 aromatic rings. The Morgan fingerprint density at radius 1 is 0.703 bits per heavy atom. The summed E-state index contributed by atoms with van der Waals surface area (Å²) in [7, 11) is 0. The molecule has 0 heterocycles. The molecule has 2 amide bonds. The highest BCUT2D eigenvalue weighted by molar-refractivity contribution is 7.80. The van der Waals surface area contributed by atoms with E-state index in [1.807, 2.05) is 30.3 Å². The van der Waals surface area contributed by atoms with Crippen LogP contribution in [0.1, 0.15) is 41.0 Å². The van der Waals surface area contributed by atoms with Gasteiger partial charge in [-0.05, 0) is 79.2 Å². The molecule has 0 radical (unpaired) electrons. The molecule has 0 saturated carbocycles. The van der Waals surface area contributed by atoms with Crippen LogP contribution < -0.4 is 30.4 Å². The Hall–Kier alpha value is -4.11. The number of carbonyl (C=O) groups excluding carboxylic acids is 2. The zero-order valence-corrected chi connectivity index (χ0v) is 21.7. The van der Waals surface area contributed by atoms with Crippen molar-refractivity contribution in [3.05, 3.63) is 90.0 Å². The highest BCUT2D eigenvalue weighted by atomic mass is 32.1. The number of hydrogen-bond acceptors (Lipinski definition) is 6. The van der Waals surface area contributed by atoms with Crippen molar-refractivity contribution >= 4 is 29.1 Å². The normalized spacial score (nSPS) is 10.4. The fourth-order valence-electron chi connectivity index (χ4n) is 3.07. The van der Waals surface area contributed by atoms with Crippen molar-refractivity contribution in [1.29, 1.82) is 0 Å². The van der Waals surface area contributed by atoms with Crippen molar-refractivity contribution in [3.63, 3.8) is 0 Å². The molecular formula is C28H31N3O5S. The van der Waals surface area contributed by atoms with Crippen LogP contribution in [-0.4, -0.2) is 36.7 Å². The van der Waals surface area contributed by atoms with Gasteiger partial charge in [-0.3, -0.25) is 25.8 Å². The number of ether oxygens (including phenoxy) is 3. The molecule has 3 N–H and O–H groups in total. The van der Waals surface area contributed by atoms with E-state index in [0.29, 0.717) is 48.4 Å². The molecule has 0 atom stereocenters. The van der Waals surface area contributed by atoms with Crippen molar-refractivity contribution in [2.45, 2.75) is 20.3 Å². The number of hydrogen-bond donors (Lipinski definition) is 3. The minimum Gasteiger partial charge on any atom is -0.494 e. The average molecular weight is 522 g/mol. The summed E-state index contributed by atoms with van der Waals surface area (Å²) in [4.78, 5) is 24.9. The van der Waals surface area contributed by atoms with Crippen LogP contribution in [0.4, 0.5) is 0 Å².